The van der Waals surface area contributed by atoms with Crippen LogP contribution in [-0.4, -0.2) is 60.8 Å². The molecule has 0 atom stereocenters. The maximum atomic E-state index is 8.55. The summed E-state index contributed by atoms with van der Waals surface area (Å²) in [7, 11) is -0.277. The van der Waals surface area contributed by atoms with Crippen molar-refractivity contribution in [3.8, 4) is 0 Å². The lowest BCUT2D eigenvalue weighted by Crippen LogP contribution is -2.50. The van der Waals surface area contributed by atoms with E-state index in [-0.39, 0.29) is 0 Å². The Hall–Kier alpha value is -0.130. The van der Waals surface area contributed by atoms with Crippen LogP contribution in [0, 0.1) is 0 Å². The maximum Gasteiger partial charge on any atom is 0.0762 e. The van der Waals surface area contributed by atoms with Gasteiger partial charge >= 0.3 is 0 Å². The Kier molecular flexibility index (Phi) is 39.8. The first-order valence-electron chi connectivity index (χ1n) is 7.32. The average Bonchev–Trinajstić information content (AvgIpc) is 2.48. The fraction of sp³-hybridized carbons (Fsp3) is 1.00. The summed E-state index contributed by atoms with van der Waals surface area (Å²) in [6.07, 6.45) is 3.24. The Morgan fingerprint density at radius 1 is 0.696 bits per heavy atom. The monoisotopic (exact) mass is 365 g/mol. The molecule has 0 aromatic carbocycles. The van der Waals surface area contributed by atoms with Crippen LogP contribution in [0.4, 0.5) is 0 Å². The lowest BCUT2D eigenvalue weighted by molar-refractivity contribution is -0.432. The van der Waals surface area contributed by atoms with Crippen molar-refractivity contribution in [1.82, 2.24) is 0 Å². The van der Waals surface area contributed by atoms with Crippen LogP contribution in [0.3, 0.4) is 0 Å². The van der Waals surface area contributed by atoms with Crippen molar-refractivity contribution < 1.29 is 50.7 Å². The Morgan fingerprint density at radius 2 is 0.870 bits per heavy atom. The summed E-state index contributed by atoms with van der Waals surface area (Å²) in [6.45, 7) is 5.49. The second-order valence-corrected chi connectivity index (χ2v) is 4.94. The van der Waals surface area contributed by atoms with Crippen LogP contribution >= 0.6 is 7.82 Å². The van der Waals surface area contributed by atoms with Gasteiger partial charge in [-0.1, -0.05) is 0 Å². The van der Waals surface area contributed by atoms with Gasteiger partial charge in [-0.3, -0.25) is 0 Å². The Labute approximate surface area is 139 Å². The number of rotatable bonds is 9. The molecule has 23 heavy (non-hydrogen) atoms. The van der Waals surface area contributed by atoms with E-state index in [1.807, 2.05) is 0 Å². The van der Waals surface area contributed by atoms with E-state index >= 15 is 0 Å². The Morgan fingerprint density at radius 3 is 0.913 bits per heavy atom. The van der Waals surface area contributed by atoms with Gasteiger partial charge in [-0.05, 0) is 0 Å². The minimum absolute atomic E-state index is 0.851. The molecule has 0 saturated heterocycles. The van der Waals surface area contributed by atoms with Gasteiger partial charge in [-0.2, -0.15) is 7.82 Å². The van der Waals surface area contributed by atoms with Gasteiger partial charge in [0.2, 0.25) is 0 Å². The van der Waals surface area contributed by atoms with E-state index < -0.39 is 7.82 Å². The maximum absolute atomic E-state index is 8.55. The first-order chi connectivity index (χ1) is 10.7. The van der Waals surface area contributed by atoms with Crippen molar-refractivity contribution in [2.45, 2.75) is 19.3 Å². The van der Waals surface area contributed by atoms with E-state index in [2.05, 4.69) is 17.2 Å². The second kappa shape index (κ2) is 29.8. The highest BCUT2D eigenvalue weighted by molar-refractivity contribution is 7.40. The van der Waals surface area contributed by atoms with Crippen LogP contribution in [-0.2, 0) is 18.8 Å². The largest absolute Gasteiger partial charge is 0.822 e. The zero-order valence-corrected chi connectivity index (χ0v) is 15.7. The molecule has 146 valence electrons. The fourth-order valence-electron chi connectivity index (χ4n) is 0.739. The molecule has 9 N–H and O–H groups in total. The van der Waals surface area contributed by atoms with Gasteiger partial charge in [-0.25, -0.2) is 0 Å². The van der Waals surface area contributed by atoms with E-state index in [4.69, 9.17) is 33.5 Å². The zero-order valence-electron chi connectivity index (χ0n) is 14.8. The smallest absolute Gasteiger partial charge is 0.0762 e. The van der Waals surface area contributed by atoms with Gasteiger partial charge in [0, 0.05) is 40.6 Å². The van der Waals surface area contributed by atoms with Gasteiger partial charge < -0.3 is 50.7 Å². The second-order valence-electron chi connectivity index (χ2n) is 4.05. The standard InChI is InChI=1S/3C4H11NO.H3O4P/c3*1-6-4-2-3-5;1-5(2,3)4/h3*2-5H2,1H3;(H3,1,2,3,4). The van der Waals surface area contributed by atoms with Crippen molar-refractivity contribution in [3.63, 3.8) is 0 Å². The van der Waals surface area contributed by atoms with Crippen LogP contribution in [0.25, 0.3) is 0 Å². The predicted molar refractivity (Wildman–Crippen MR) is 80.4 cm³/mol. The third kappa shape index (κ3) is 110. The summed E-state index contributed by atoms with van der Waals surface area (Å²) < 4.78 is 22.8. The number of methoxy groups -OCH3 is 3. The van der Waals surface area contributed by atoms with Gasteiger partial charge in [0.05, 0.1) is 39.5 Å². The summed E-state index contributed by atoms with van der Waals surface area (Å²) >= 11 is 0. The molecular weight excluding hydrogens is 329 g/mol. The summed E-state index contributed by atoms with van der Waals surface area (Å²) in [4.78, 5) is 25.6. The molecule has 0 aliphatic heterocycles. The minimum Gasteiger partial charge on any atom is -0.822 e. The highest BCUT2D eigenvalue weighted by Crippen LogP contribution is 2.03. The highest BCUT2D eigenvalue weighted by Gasteiger charge is 1.78. The molecule has 0 bridgehead atoms. The van der Waals surface area contributed by atoms with Crippen molar-refractivity contribution >= 4 is 7.82 Å². The summed E-state index contributed by atoms with van der Waals surface area (Å²) in [5, 5.41) is 0. The number of ether oxygens (including phenoxy) is 3. The van der Waals surface area contributed by atoms with Gasteiger partial charge in [-0.15, -0.1) is 0 Å². The zero-order chi connectivity index (χ0) is 19.0. The van der Waals surface area contributed by atoms with E-state index in [9.17, 15) is 0 Å². The van der Waals surface area contributed by atoms with Gasteiger partial charge in [0.15, 0.2) is 0 Å². The molecule has 11 heteroatoms. The van der Waals surface area contributed by atoms with Crippen LogP contribution in [0.2, 0.25) is 0 Å². The normalized spacial score (nSPS) is 9.61. The van der Waals surface area contributed by atoms with E-state index in [1.165, 1.54) is 0 Å². The van der Waals surface area contributed by atoms with Gasteiger partial charge in [0.1, 0.15) is 0 Å². The van der Waals surface area contributed by atoms with E-state index in [0.29, 0.717) is 0 Å². The van der Waals surface area contributed by atoms with Crippen molar-refractivity contribution in [2.75, 3.05) is 60.8 Å². The molecule has 0 rings (SSSR count). The molecule has 0 saturated carbocycles. The molecule has 0 unspecified atom stereocenters. The molecular formula is C12H36N3O7P. The first-order valence-corrected chi connectivity index (χ1v) is 8.78. The molecule has 0 spiro atoms. The molecule has 0 aromatic heterocycles. The number of phosphoric acid groups is 1. The van der Waals surface area contributed by atoms with Crippen molar-refractivity contribution in [1.29, 1.82) is 0 Å². The molecule has 0 fully saturated rings. The topological polar surface area (TPSA) is 197 Å². The molecule has 0 aliphatic carbocycles. The quantitative estimate of drug-likeness (QED) is 0.268. The lowest BCUT2D eigenvalue weighted by atomic mass is 10.5. The molecule has 0 radical (unpaired) electrons. The van der Waals surface area contributed by atoms with E-state index in [0.717, 1.165) is 58.7 Å². The molecule has 0 aliphatic rings. The minimum atomic E-state index is -5.39. The van der Waals surface area contributed by atoms with Crippen molar-refractivity contribution in [2.24, 2.45) is 0 Å². The summed E-state index contributed by atoms with van der Waals surface area (Å²) in [5.74, 6) is 0. The third-order valence-electron chi connectivity index (χ3n) is 1.80. The number of hydrogen-bond acceptors (Lipinski definition) is 7. The highest BCUT2D eigenvalue weighted by atomic mass is 31.2. The fourth-order valence-corrected chi connectivity index (χ4v) is 0.739. The first kappa shape index (κ1) is 30.7. The predicted octanol–water partition coefficient (Wildman–Crippen LogP) is -5.03. The third-order valence-corrected chi connectivity index (χ3v) is 1.80. The average molecular weight is 365 g/mol. The van der Waals surface area contributed by atoms with Crippen molar-refractivity contribution in [3.05, 3.63) is 0 Å². The SMILES string of the molecule is COCCC[NH3+].COCCC[NH3+].COCCC[NH3+].O=P([O-])([O-])[O-]. The van der Waals surface area contributed by atoms with Crippen LogP contribution in [0.1, 0.15) is 19.3 Å². The number of hydrogen-bond donors (Lipinski definition) is 3. The van der Waals surface area contributed by atoms with Crippen LogP contribution in [0.5, 0.6) is 0 Å². The molecule has 0 heterocycles. The number of quaternary nitrogens is 3. The summed E-state index contributed by atoms with van der Waals surface area (Å²) in [6, 6.07) is 0. The Balaban J connectivity index is -0.000000105. The Bertz CT molecular complexity index is 182. The van der Waals surface area contributed by atoms with Crippen LogP contribution < -0.4 is 31.9 Å². The van der Waals surface area contributed by atoms with Gasteiger partial charge in [0.25, 0.3) is 0 Å². The molecule has 0 aromatic rings. The lowest BCUT2D eigenvalue weighted by Gasteiger charge is -2.36. The molecule has 0 amide bonds. The molecule has 10 nitrogen and oxygen atoms in total. The van der Waals surface area contributed by atoms with E-state index in [1.54, 1.807) is 21.3 Å². The summed E-state index contributed by atoms with van der Waals surface area (Å²) in [5.41, 5.74) is 10.9. The van der Waals surface area contributed by atoms with Crippen LogP contribution in [0.15, 0.2) is 0 Å².